The minimum absolute atomic E-state index is 0.0315. The van der Waals surface area contributed by atoms with Crippen molar-refractivity contribution < 1.29 is 14.3 Å². The molecule has 4 heteroatoms. The van der Waals surface area contributed by atoms with E-state index in [9.17, 15) is 9.59 Å². The zero-order valence-corrected chi connectivity index (χ0v) is 11.9. The molecule has 0 aliphatic heterocycles. The van der Waals surface area contributed by atoms with Crippen molar-refractivity contribution in [1.29, 1.82) is 0 Å². The molecule has 1 aliphatic carbocycles. The Bertz CT molecular complexity index is 295. The Kier molecular flexibility index (Phi) is 5.63. The monoisotopic (exact) mass is 255 g/mol. The Hall–Kier alpha value is -1.06. The van der Waals surface area contributed by atoms with E-state index in [1.165, 1.54) is 32.8 Å². The molecule has 0 aromatic carbocycles. The van der Waals surface area contributed by atoms with Crippen molar-refractivity contribution in [2.24, 2.45) is 17.8 Å². The minimum atomic E-state index is -0.665. The molecular formula is C14H25NO3. The van der Waals surface area contributed by atoms with Crippen molar-refractivity contribution in [3.63, 3.8) is 0 Å². The molecule has 1 amide bonds. The van der Waals surface area contributed by atoms with E-state index >= 15 is 0 Å². The summed E-state index contributed by atoms with van der Waals surface area (Å²) >= 11 is 0. The van der Waals surface area contributed by atoms with E-state index in [0.717, 1.165) is 6.54 Å². The number of nitrogens with zero attached hydrogens (tertiary/aromatic N) is 1. The molecule has 0 bridgehead atoms. The van der Waals surface area contributed by atoms with Gasteiger partial charge in [-0.05, 0) is 24.7 Å². The standard InChI is InChI=1S/C14H25NO3/c1-10(2)12(14(17)18-4)13(16)15(3)9-11-7-5-6-8-11/h10-12H,5-9H2,1-4H3. The van der Waals surface area contributed by atoms with Crippen molar-refractivity contribution in [3.05, 3.63) is 0 Å². The van der Waals surface area contributed by atoms with Gasteiger partial charge in [0.1, 0.15) is 5.92 Å². The van der Waals surface area contributed by atoms with Gasteiger partial charge in [-0.15, -0.1) is 0 Å². The van der Waals surface area contributed by atoms with Crippen molar-refractivity contribution >= 4 is 11.9 Å². The first-order chi connectivity index (χ1) is 8.47. The van der Waals surface area contributed by atoms with Crippen LogP contribution in [0, 0.1) is 17.8 Å². The second-order valence-corrected chi connectivity index (χ2v) is 5.61. The van der Waals surface area contributed by atoms with Gasteiger partial charge >= 0.3 is 5.97 Å². The van der Waals surface area contributed by atoms with Gasteiger partial charge in [0.05, 0.1) is 7.11 Å². The predicted octanol–water partition coefficient (Wildman–Crippen LogP) is 2.08. The SMILES string of the molecule is COC(=O)C(C(=O)N(C)CC1CCCC1)C(C)C. The van der Waals surface area contributed by atoms with Crippen LogP contribution in [0.3, 0.4) is 0 Å². The van der Waals surface area contributed by atoms with Gasteiger partial charge in [-0.3, -0.25) is 9.59 Å². The fourth-order valence-electron chi connectivity index (χ4n) is 2.69. The molecule has 1 saturated carbocycles. The topological polar surface area (TPSA) is 46.6 Å². The van der Waals surface area contributed by atoms with Crippen LogP contribution in [-0.4, -0.2) is 37.5 Å². The van der Waals surface area contributed by atoms with Gasteiger partial charge < -0.3 is 9.64 Å². The van der Waals surface area contributed by atoms with E-state index < -0.39 is 11.9 Å². The molecule has 0 aromatic rings. The van der Waals surface area contributed by atoms with Crippen LogP contribution in [0.2, 0.25) is 0 Å². The number of esters is 1. The van der Waals surface area contributed by atoms with E-state index in [1.807, 2.05) is 13.8 Å². The van der Waals surface area contributed by atoms with Crippen LogP contribution >= 0.6 is 0 Å². The van der Waals surface area contributed by atoms with E-state index in [4.69, 9.17) is 4.74 Å². The lowest BCUT2D eigenvalue weighted by atomic mass is 9.94. The van der Waals surface area contributed by atoms with Gasteiger partial charge in [0, 0.05) is 13.6 Å². The molecule has 104 valence electrons. The lowest BCUT2D eigenvalue weighted by Crippen LogP contribution is -2.41. The fourth-order valence-corrected chi connectivity index (χ4v) is 2.69. The first-order valence-electron chi connectivity index (χ1n) is 6.80. The third-order valence-corrected chi connectivity index (χ3v) is 3.77. The van der Waals surface area contributed by atoms with Crippen LogP contribution in [0.4, 0.5) is 0 Å². The molecule has 1 unspecified atom stereocenters. The summed E-state index contributed by atoms with van der Waals surface area (Å²) in [6.45, 7) is 4.52. The van der Waals surface area contributed by atoms with E-state index in [2.05, 4.69) is 0 Å². The van der Waals surface area contributed by atoms with Gasteiger partial charge in [-0.1, -0.05) is 26.7 Å². The lowest BCUT2D eigenvalue weighted by molar-refractivity contribution is -0.155. The van der Waals surface area contributed by atoms with E-state index in [1.54, 1.807) is 11.9 Å². The molecule has 1 fully saturated rings. The first-order valence-corrected chi connectivity index (χ1v) is 6.80. The third kappa shape index (κ3) is 3.72. The highest BCUT2D eigenvalue weighted by molar-refractivity contribution is 5.97. The first kappa shape index (κ1) is 15.0. The number of ether oxygens (including phenoxy) is 1. The van der Waals surface area contributed by atoms with Crippen LogP contribution < -0.4 is 0 Å². The maximum absolute atomic E-state index is 12.3. The molecule has 0 aromatic heterocycles. The Labute approximate surface area is 110 Å². The van der Waals surface area contributed by atoms with Gasteiger partial charge in [0.15, 0.2) is 0 Å². The number of carbonyl (C=O) groups excluding carboxylic acids is 2. The van der Waals surface area contributed by atoms with Crippen molar-refractivity contribution in [2.75, 3.05) is 20.7 Å². The summed E-state index contributed by atoms with van der Waals surface area (Å²) in [7, 11) is 3.13. The third-order valence-electron chi connectivity index (χ3n) is 3.77. The van der Waals surface area contributed by atoms with E-state index in [-0.39, 0.29) is 11.8 Å². The van der Waals surface area contributed by atoms with E-state index in [0.29, 0.717) is 5.92 Å². The molecule has 1 atom stereocenters. The molecule has 0 spiro atoms. The molecule has 1 rings (SSSR count). The Morgan fingerprint density at radius 1 is 1.28 bits per heavy atom. The summed E-state index contributed by atoms with van der Waals surface area (Å²) in [5, 5.41) is 0. The summed E-state index contributed by atoms with van der Waals surface area (Å²) in [5.74, 6) is -0.626. The number of hydrogen-bond donors (Lipinski definition) is 0. The van der Waals surface area contributed by atoms with Crippen LogP contribution in [0.15, 0.2) is 0 Å². The second kappa shape index (κ2) is 6.76. The number of methoxy groups -OCH3 is 1. The summed E-state index contributed by atoms with van der Waals surface area (Å²) in [6.07, 6.45) is 4.92. The Morgan fingerprint density at radius 3 is 2.28 bits per heavy atom. The molecule has 0 N–H and O–H groups in total. The molecule has 0 radical (unpaired) electrons. The largest absolute Gasteiger partial charge is 0.468 e. The van der Waals surface area contributed by atoms with Crippen molar-refractivity contribution in [2.45, 2.75) is 39.5 Å². The number of carbonyl (C=O) groups is 2. The summed E-state index contributed by atoms with van der Waals surface area (Å²) in [4.78, 5) is 25.7. The zero-order valence-electron chi connectivity index (χ0n) is 11.9. The highest BCUT2D eigenvalue weighted by atomic mass is 16.5. The Balaban J connectivity index is 2.60. The maximum Gasteiger partial charge on any atom is 0.318 e. The molecule has 1 aliphatic rings. The van der Waals surface area contributed by atoms with Gasteiger partial charge in [-0.25, -0.2) is 0 Å². The normalized spacial score (nSPS) is 17.8. The summed E-state index contributed by atoms with van der Waals surface area (Å²) < 4.78 is 4.73. The maximum atomic E-state index is 12.3. The zero-order chi connectivity index (χ0) is 13.7. The number of amides is 1. The highest BCUT2D eigenvalue weighted by Crippen LogP contribution is 2.26. The molecule has 0 heterocycles. The molecule has 0 saturated heterocycles. The highest BCUT2D eigenvalue weighted by Gasteiger charge is 2.33. The Morgan fingerprint density at radius 2 is 1.83 bits per heavy atom. The van der Waals surface area contributed by atoms with Crippen molar-refractivity contribution in [1.82, 2.24) is 4.90 Å². The van der Waals surface area contributed by atoms with Crippen LogP contribution in [0.25, 0.3) is 0 Å². The quantitative estimate of drug-likeness (QED) is 0.558. The molecular weight excluding hydrogens is 230 g/mol. The lowest BCUT2D eigenvalue weighted by Gasteiger charge is -2.26. The van der Waals surface area contributed by atoms with Crippen LogP contribution in [-0.2, 0) is 14.3 Å². The minimum Gasteiger partial charge on any atom is -0.468 e. The van der Waals surface area contributed by atoms with Crippen LogP contribution in [0.5, 0.6) is 0 Å². The fraction of sp³-hybridized carbons (Fsp3) is 0.857. The van der Waals surface area contributed by atoms with Gasteiger partial charge in [0.25, 0.3) is 0 Å². The summed E-state index contributed by atoms with van der Waals surface area (Å²) in [5.41, 5.74) is 0. The molecule has 4 nitrogen and oxygen atoms in total. The van der Waals surface area contributed by atoms with Crippen molar-refractivity contribution in [3.8, 4) is 0 Å². The second-order valence-electron chi connectivity index (χ2n) is 5.61. The average molecular weight is 255 g/mol. The number of rotatable bonds is 5. The van der Waals surface area contributed by atoms with Gasteiger partial charge in [-0.2, -0.15) is 0 Å². The number of hydrogen-bond acceptors (Lipinski definition) is 3. The smallest absolute Gasteiger partial charge is 0.318 e. The molecule has 18 heavy (non-hydrogen) atoms. The van der Waals surface area contributed by atoms with Crippen LogP contribution in [0.1, 0.15) is 39.5 Å². The predicted molar refractivity (Wildman–Crippen MR) is 69.9 cm³/mol. The van der Waals surface area contributed by atoms with Gasteiger partial charge in [0.2, 0.25) is 5.91 Å². The average Bonchev–Trinajstić information content (AvgIpc) is 2.81. The summed E-state index contributed by atoms with van der Waals surface area (Å²) in [6, 6.07) is 0.